The summed E-state index contributed by atoms with van der Waals surface area (Å²) in [6, 6.07) is 8.33. The van der Waals surface area contributed by atoms with E-state index < -0.39 is 0 Å². The molecule has 0 fully saturated rings. The number of halogens is 1. The highest BCUT2D eigenvalue weighted by molar-refractivity contribution is 6.30. The largest absolute Gasteiger partial charge is 0.316 e. The second kappa shape index (κ2) is 5.70. The molecule has 2 heteroatoms. The van der Waals surface area contributed by atoms with Gasteiger partial charge < -0.3 is 5.32 Å². The topological polar surface area (TPSA) is 12.0 Å². The van der Waals surface area contributed by atoms with Gasteiger partial charge in [0.2, 0.25) is 0 Å². The van der Waals surface area contributed by atoms with Crippen molar-refractivity contribution >= 4 is 11.6 Å². The fourth-order valence-corrected chi connectivity index (χ4v) is 2.62. The van der Waals surface area contributed by atoms with Crippen molar-refractivity contribution in [3.63, 3.8) is 0 Å². The minimum absolute atomic E-state index is 0.250. The summed E-state index contributed by atoms with van der Waals surface area (Å²) in [5.41, 5.74) is 1.65. The highest BCUT2D eigenvalue weighted by Gasteiger charge is 2.32. The van der Waals surface area contributed by atoms with Gasteiger partial charge in [-0.2, -0.15) is 0 Å². The third kappa shape index (κ3) is 2.91. The van der Waals surface area contributed by atoms with Crippen LogP contribution in [0.3, 0.4) is 0 Å². The SMILES string of the molecule is CCCNCC1(c2ccc(Cl)cc2)CC=CC1. The second-order valence-corrected chi connectivity index (χ2v) is 5.28. The number of nitrogens with one attached hydrogen (secondary N) is 1. The van der Waals surface area contributed by atoms with E-state index in [-0.39, 0.29) is 5.41 Å². The minimum Gasteiger partial charge on any atom is -0.316 e. The zero-order chi connectivity index (χ0) is 12.1. The Kier molecular flexibility index (Phi) is 4.25. The number of benzene rings is 1. The zero-order valence-corrected chi connectivity index (χ0v) is 11.1. The van der Waals surface area contributed by atoms with Gasteiger partial charge in [0.25, 0.3) is 0 Å². The van der Waals surface area contributed by atoms with Crippen molar-refractivity contribution in [1.29, 1.82) is 0 Å². The van der Waals surface area contributed by atoms with E-state index >= 15 is 0 Å². The van der Waals surface area contributed by atoms with E-state index in [0.717, 1.165) is 31.0 Å². The van der Waals surface area contributed by atoms with Crippen molar-refractivity contribution in [2.45, 2.75) is 31.6 Å². The van der Waals surface area contributed by atoms with Crippen LogP contribution in [0.25, 0.3) is 0 Å². The minimum atomic E-state index is 0.250. The van der Waals surface area contributed by atoms with Crippen molar-refractivity contribution < 1.29 is 0 Å². The first-order valence-electron chi connectivity index (χ1n) is 6.39. The lowest BCUT2D eigenvalue weighted by atomic mass is 9.78. The summed E-state index contributed by atoms with van der Waals surface area (Å²) < 4.78 is 0. The molecule has 0 unspecified atom stereocenters. The van der Waals surface area contributed by atoms with E-state index in [9.17, 15) is 0 Å². The Balaban J connectivity index is 2.13. The third-order valence-corrected chi connectivity index (χ3v) is 3.78. The molecule has 2 rings (SSSR count). The monoisotopic (exact) mass is 249 g/mol. The summed E-state index contributed by atoms with van der Waals surface area (Å²) in [4.78, 5) is 0. The van der Waals surface area contributed by atoms with Crippen molar-refractivity contribution in [3.05, 3.63) is 47.0 Å². The lowest BCUT2D eigenvalue weighted by molar-refractivity contribution is 0.419. The molecule has 0 heterocycles. The summed E-state index contributed by atoms with van der Waals surface area (Å²) in [5.74, 6) is 0. The van der Waals surface area contributed by atoms with Crippen LogP contribution in [0.4, 0.5) is 0 Å². The summed E-state index contributed by atoms with van der Waals surface area (Å²) in [6.07, 6.45) is 8.03. The van der Waals surface area contributed by atoms with Crippen LogP contribution in [0.5, 0.6) is 0 Å². The first kappa shape index (κ1) is 12.7. The Labute approximate surface area is 109 Å². The standard InChI is InChI=1S/C15H20ClN/c1-2-11-17-12-15(9-3-4-10-15)13-5-7-14(16)8-6-13/h3-8,17H,2,9-12H2,1H3. The van der Waals surface area contributed by atoms with E-state index in [1.54, 1.807) is 0 Å². The number of rotatable bonds is 5. The fraction of sp³-hybridized carbons (Fsp3) is 0.467. The van der Waals surface area contributed by atoms with Gasteiger partial charge in [0, 0.05) is 17.0 Å². The van der Waals surface area contributed by atoms with Crippen LogP contribution in [0.15, 0.2) is 36.4 Å². The average molecular weight is 250 g/mol. The van der Waals surface area contributed by atoms with Crippen LogP contribution < -0.4 is 5.32 Å². The Morgan fingerprint density at radius 3 is 2.41 bits per heavy atom. The van der Waals surface area contributed by atoms with E-state index in [4.69, 9.17) is 11.6 Å². The molecule has 0 radical (unpaired) electrons. The summed E-state index contributed by atoms with van der Waals surface area (Å²) >= 11 is 5.96. The molecule has 0 aliphatic heterocycles. The molecule has 0 atom stereocenters. The van der Waals surface area contributed by atoms with E-state index in [1.807, 2.05) is 12.1 Å². The van der Waals surface area contributed by atoms with Gasteiger partial charge in [0.05, 0.1) is 0 Å². The highest BCUT2D eigenvalue weighted by Crippen LogP contribution is 2.36. The Morgan fingerprint density at radius 2 is 1.82 bits per heavy atom. The Hall–Kier alpha value is -0.790. The zero-order valence-electron chi connectivity index (χ0n) is 10.4. The predicted octanol–water partition coefficient (Wildman–Crippen LogP) is 3.93. The van der Waals surface area contributed by atoms with Gasteiger partial charge in [-0.15, -0.1) is 0 Å². The lowest BCUT2D eigenvalue weighted by Crippen LogP contribution is -2.36. The van der Waals surface area contributed by atoms with Gasteiger partial charge in [-0.3, -0.25) is 0 Å². The van der Waals surface area contributed by atoms with Crippen LogP contribution in [-0.4, -0.2) is 13.1 Å². The maximum Gasteiger partial charge on any atom is 0.0406 e. The molecular formula is C15H20ClN. The molecule has 0 aromatic heterocycles. The molecule has 0 bridgehead atoms. The fourth-order valence-electron chi connectivity index (χ4n) is 2.49. The molecule has 0 amide bonds. The second-order valence-electron chi connectivity index (χ2n) is 4.84. The van der Waals surface area contributed by atoms with Gasteiger partial charge in [-0.05, 0) is 43.5 Å². The van der Waals surface area contributed by atoms with Crippen LogP contribution in [-0.2, 0) is 5.41 Å². The first-order chi connectivity index (χ1) is 8.27. The van der Waals surface area contributed by atoms with Gasteiger partial charge >= 0.3 is 0 Å². The maximum atomic E-state index is 5.96. The number of hydrogen-bond donors (Lipinski definition) is 1. The van der Waals surface area contributed by atoms with Crippen molar-refractivity contribution in [2.24, 2.45) is 0 Å². The molecule has 0 saturated heterocycles. The molecule has 1 N–H and O–H groups in total. The normalized spacial score (nSPS) is 17.5. The van der Waals surface area contributed by atoms with E-state index in [2.05, 4.69) is 36.5 Å². The number of allylic oxidation sites excluding steroid dienone is 2. The molecule has 1 aromatic carbocycles. The van der Waals surface area contributed by atoms with Gasteiger partial charge in [0.1, 0.15) is 0 Å². The van der Waals surface area contributed by atoms with Crippen molar-refractivity contribution in [1.82, 2.24) is 5.32 Å². The van der Waals surface area contributed by atoms with Crippen molar-refractivity contribution in [3.8, 4) is 0 Å². The molecule has 92 valence electrons. The maximum absolute atomic E-state index is 5.96. The molecule has 1 nitrogen and oxygen atoms in total. The molecule has 1 aromatic rings. The smallest absolute Gasteiger partial charge is 0.0406 e. The predicted molar refractivity (Wildman–Crippen MR) is 74.7 cm³/mol. The summed E-state index contributed by atoms with van der Waals surface area (Å²) in [5, 5.41) is 4.37. The Morgan fingerprint density at radius 1 is 1.18 bits per heavy atom. The van der Waals surface area contributed by atoms with Crippen LogP contribution >= 0.6 is 11.6 Å². The Bertz CT molecular complexity index is 372. The summed E-state index contributed by atoms with van der Waals surface area (Å²) in [7, 11) is 0. The van der Waals surface area contributed by atoms with Gasteiger partial charge in [0.15, 0.2) is 0 Å². The van der Waals surface area contributed by atoms with Crippen LogP contribution in [0.1, 0.15) is 31.7 Å². The average Bonchev–Trinajstić information content (AvgIpc) is 2.80. The molecular weight excluding hydrogens is 230 g/mol. The van der Waals surface area contributed by atoms with Gasteiger partial charge in [-0.1, -0.05) is 42.8 Å². The molecule has 1 aliphatic rings. The van der Waals surface area contributed by atoms with E-state index in [0.29, 0.717) is 0 Å². The summed E-state index contributed by atoms with van der Waals surface area (Å²) in [6.45, 7) is 4.35. The molecule has 0 spiro atoms. The number of hydrogen-bond acceptors (Lipinski definition) is 1. The van der Waals surface area contributed by atoms with Crippen molar-refractivity contribution in [2.75, 3.05) is 13.1 Å². The lowest BCUT2D eigenvalue weighted by Gasteiger charge is -2.30. The third-order valence-electron chi connectivity index (χ3n) is 3.53. The van der Waals surface area contributed by atoms with Crippen LogP contribution in [0, 0.1) is 0 Å². The first-order valence-corrected chi connectivity index (χ1v) is 6.76. The molecule has 1 aliphatic carbocycles. The molecule has 17 heavy (non-hydrogen) atoms. The van der Waals surface area contributed by atoms with E-state index in [1.165, 1.54) is 12.0 Å². The van der Waals surface area contributed by atoms with Gasteiger partial charge in [-0.25, -0.2) is 0 Å². The quantitative estimate of drug-likeness (QED) is 0.616. The molecule has 0 saturated carbocycles. The highest BCUT2D eigenvalue weighted by atomic mass is 35.5. The van der Waals surface area contributed by atoms with Crippen LogP contribution in [0.2, 0.25) is 5.02 Å².